The number of aryl methyl sites for hydroxylation is 3. The number of alkyl carbamates (subject to hydrolysis) is 1. The van der Waals surface area contributed by atoms with Crippen molar-refractivity contribution in [3.63, 3.8) is 0 Å². The molecular weight excluding hydrogens is 574 g/mol. The lowest BCUT2D eigenvalue weighted by Crippen LogP contribution is -2.53. The highest BCUT2D eigenvalue weighted by atomic mass is 35.5. The second-order valence-corrected chi connectivity index (χ2v) is 12.7. The maximum absolute atomic E-state index is 14.7. The zero-order valence-corrected chi connectivity index (χ0v) is 27.8. The van der Waals surface area contributed by atoms with Crippen molar-refractivity contribution in [3.05, 3.63) is 99.6 Å². The topological polar surface area (TPSA) is 87.7 Å². The van der Waals surface area contributed by atoms with Crippen molar-refractivity contribution in [2.24, 2.45) is 0 Å². The van der Waals surface area contributed by atoms with E-state index < -0.39 is 23.8 Å². The maximum atomic E-state index is 14.7. The summed E-state index contributed by atoms with van der Waals surface area (Å²) in [5, 5.41) is 6.26. The van der Waals surface area contributed by atoms with Crippen LogP contribution in [0.2, 0.25) is 5.02 Å². The van der Waals surface area contributed by atoms with Crippen molar-refractivity contribution in [2.75, 3.05) is 11.9 Å². The number of nitrogens with one attached hydrogen (secondary N) is 2. The Morgan fingerprint density at radius 2 is 1.61 bits per heavy atom. The minimum atomic E-state index is -0.977. The van der Waals surface area contributed by atoms with E-state index in [2.05, 4.69) is 17.6 Å². The van der Waals surface area contributed by atoms with E-state index in [-0.39, 0.29) is 18.2 Å². The largest absolute Gasteiger partial charge is 0.444 e. The minimum absolute atomic E-state index is 0.230. The number of carbonyl (C=O) groups excluding carboxylic acids is 3. The third kappa shape index (κ3) is 9.84. The van der Waals surface area contributed by atoms with E-state index in [0.717, 1.165) is 35.1 Å². The molecule has 0 heterocycles. The second-order valence-electron chi connectivity index (χ2n) is 12.3. The molecule has 0 bridgehead atoms. The predicted molar refractivity (Wildman–Crippen MR) is 178 cm³/mol. The normalized spacial score (nSPS) is 12.6. The van der Waals surface area contributed by atoms with Gasteiger partial charge < -0.3 is 20.3 Å². The van der Waals surface area contributed by atoms with Crippen LogP contribution >= 0.6 is 11.6 Å². The van der Waals surface area contributed by atoms with Crippen LogP contribution in [0.15, 0.2) is 66.7 Å². The van der Waals surface area contributed by atoms with Crippen molar-refractivity contribution in [1.82, 2.24) is 10.2 Å². The molecule has 2 atom stereocenters. The number of halogens is 1. The predicted octanol–water partition coefficient (Wildman–Crippen LogP) is 8.10. The quantitative estimate of drug-likeness (QED) is 0.201. The van der Waals surface area contributed by atoms with Crippen LogP contribution < -0.4 is 10.6 Å². The number of amides is 3. The first-order valence-electron chi connectivity index (χ1n) is 15.3. The maximum Gasteiger partial charge on any atom is 0.408 e. The SMILES string of the molecule is CCCCCN(C(=O)C(Cc1ccccc1)NC(=O)OC(C)(C)C)C(C(=O)Nc1c(C)cccc1Cl)c1ccc(C)cc1C. The number of rotatable bonds is 12. The molecule has 0 fully saturated rings. The first kappa shape index (κ1) is 34.6. The molecule has 0 spiro atoms. The Bertz CT molecular complexity index is 1410. The number of ether oxygens (including phenoxy) is 1. The lowest BCUT2D eigenvalue weighted by Gasteiger charge is -2.35. The summed E-state index contributed by atoms with van der Waals surface area (Å²) < 4.78 is 5.55. The van der Waals surface area contributed by atoms with Crippen molar-refractivity contribution in [2.45, 2.75) is 91.8 Å². The van der Waals surface area contributed by atoms with Gasteiger partial charge in [0.1, 0.15) is 17.7 Å². The van der Waals surface area contributed by atoms with Gasteiger partial charge in [-0.15, -0.1) is 0 Å². The third-order valence-electron chi connectivity index (χ3n) is 7.31. The fourth-order valence-corrected chi connectivity index (χ4v) is 5.43. The summed E-state index contributed by atoms with van der Waals surface area (Å²) in [6.07, 6.45) is 2.03. The summed E-state index contributed by atoms with van der Waals surface area (Å²) in [4.78, 5) is 43.7. The molecule has 8 heteroatoms. The molecule has 3 rings (SSSR count). The minimum Gasteiger partial charge on any atom is -0.444 e. The highest BCUT2D eigenvalue weighted by Crippen LogP contribution is 2.31. The van der Waals surface area contributed by atoms with E-state index in [1.54, 1.807) is 31.7 Å². The molecule has 0 aliphatic rings. The molecule has 0 saturated carbocycles. The standard InChI is InChI=1S/C36H46ClN3O4/c1-8-9-13-21-40(34(42)30(23-27-16-11-10-12-17-27)38-35(43)44-36(5,6)7)32(28-20-19-24(2)22-26(28)4)33(41)39-31-25(3)15-14-18-29(31)37/h10-12,14-20,22,30,32H,8-9,13,21,23H2,1-7H3,(H,38,43)(H,39,41). The van der Waals surface area contributed by atoms with Crippen molar-refractivity contribution < 1.29 is 19.1 Å². The van der Waals surface area contributed by atoms with E-state index in [0.29, 0.717) is 29.2 Å². The Morgan fingerprint density at radius 3 is 2.23 bits per heavy atom. The monoisotopic (exact) mass is 619 g/mol. The first-order chi connectivity index (χ1) is 20.8. The van der Waals surface area contributed by atoms with Gasteiger partial charge in [0, 0.05) is 13.0 Å². The van der Waals surface area contributed by atoms with Crippen LogP contribution in [0.5, 0.6) is 0 Å². The molecule has 3 amide bonds. The van der Waals surface area contributed by atoms with Gasteiger partial charge in [0.25, 0.3) is 5.91 Å². The van der Waals surface area contributed by atoms with Gasteiger partial charge in [-0.05, 0) is 76.3 Å². The van der Waals surface area contributed by atoms with Crippen LogP contribution in [-0.2, 0) is 20.7 Å². The molecule has 236 valence electrons. The molecule has 0 saturated heterocycles. The zero-order chi connectivity index (χ0) is 32.4. The Morgan fingerprint density at radius 1 is 0.909 bits per heavy atom. The Kier molecular flexibility index (Phi) is 12.4. The summed E-state index contributed by atoms with van der Waals surface area (Å²) in [6, 6.07) is 18.8. The third-order valence-corrected chi connectivity index (χ3v) is 7.62. The van der Waals surface area contributed by atoms with Gasteiger partial charge >= 0.3 is 6.09 Å². The van der Waals surface area contributed by atoms with E-state index >= 15 is 0 Å². The van der Waals surface area contributed by atoms with Crippen LogP contribution in [0, 0.1) is 20.8 Å². The molecule has 0 radical (unpaired) electrons. The highest BCUT2D eigenvalue weighted by Gasteiger charge is 2.37. The summed E-state index contributed by atoms with van der Waals surface area (Å²) in [7, 11) is 0. The Labute approximate surface area is 267 Å². The molecule has 0 aromatic heterocycles. The Hall–Kier alpha value is -3.84. The van der Waals surface area contributed by atoms with Crippen molar-refractivity contribution in [3.8, 4) is 0 Å². The first-order valence-corrected chi connectivity index (χ1v) is 15.7. The summed E-state index contributed by atoms with van der Waals surface area (Å²) in [5.41, 5.74) is 4.07. The summed E-state index contributed by atoms with van der Waals surface area (Å²) in [5.74, 6) is -0.749. The fraction of sp³-hybridized carbons (Fsp3) is 0.417. The molecule has 3 aromatic rings. The second kappa shape index (κ2) is 15.8. The van der Waals surface area contributed by atoms with E-state index in [1.807, 2.05) is 81.4 Å². The highest BCUT2D eigenvalue weighted by molar-refractivity contribution is 6.34. The van der Waals surface area contributed by atoms with Crippen LogP contribution in [0.25, 0.3) is 0 Å². The number of unbranched alkanes of at least 4 members (excludes halogenated alkanes) is 2. The molecule has 3 aromatic carbocycles. The lowest BCUT2D eigenvalue weighted by atomic mass is 9.95. The van der Waals surface area contributed by atoms with Gasteiger partial charge in [-0.2, -0.15) is 0 Å². The number of hydrogen-bond acceptors (Lipinski definition) is 4. The molecular formula is C36H46ClN3O4. The molecule has 2 unspecified atom stereocenters. The number of nitrogens with zero attached hydrogens (tertiary/aromatic N) is 1. The number of para-hydroxylation sites is 1. The number of carbonyl (C=O) groups is 3. The summed E-state index contributed by atoms with van der Waals surface area (Å²) in [6.45, 7) is 13.5. The van der Waals surface area contributed by atoms with Crippen LogP contribution in [-0.4, -0.2) is 41.0 Å². The van der Waals surface area contributed by atoms with Crippen molar-refractivity contribution in [1.29, 1.82) is 0 Å². The number of hydrogen-bond donors (Lipinski definition) is 2. The smallest absolute Gasteiger partial charge is 0.408 e. The van der Waals surface area contributed by atoms with Gasteiger partial charge in [0.2, 0.25) is 5.91 Å². The molecule has 44 heavy (non-hydrogen) atoms. The van der Waals surface area contributed by atoms with Gasteiger partial charge in [-0.25, -0.2) is 4.79 Å². The number of anilines is 1. The molecule has 7 nitrogen and oxygen atoms in total. The van der Waals surface area contributed by atoms with E-state index in [4.69, 9.17) is 16.3 Å². The van der Waals surface area contributed by atoms with Gasteiger partial charge in [0.05, 0.1) is 10.7 Å². The van der Waals surface area contributed by atoms with Crippen molar-refractivity contribution >= 4 is 35.2 Å². The average Bonchev–Trinajstić information content (AvgIpc) is 2.94. The molecule has 0 aliphatic carbocycles. The average molecular weight is 620 g/mol. The number of benzene rings is 3. The van der Waals surface area contributed by atoms with Crippen LogP contribution in [0.1, 0.15) is 80.8 Å². The lowest BCUT2D eigenvalue weighted by molar-refractivity contribution is -0.140. The molecule has 2 N–H and O–H groups in total. The van der Waals surface area contributed by atoms with Gasteiger partial charge in [-0.3, -0.25) is 9.59 Å². The zero-order valence-electron chi connectivity index (χ0n) is 27.0. The Balaban J connectivity index is 2.13. The summed E-state index contributed by atoms with van der Waals surface area (Å²) >= 11 is 6.51. The van der Waals surface area contributed by atoms with Gasteiger partial charge in [-0.1, -0.05) is 97.6 Å². The molecule has 0 aliphatic heterocycles. The van der Waals surface area contributed by atoms with Crippen LogP contribution in [0.3, 0.4) is 0 Å². The van der Waals surface area contributed by atoms with Crippen LogP contribution in [0.4, 0.5) is 10.5 Å². The van der Waals surface area contributed by atoms with E-state index in [1.165, 1.54) is 0 Å². The fourth-order valence-electron chi connectivity index (χ4n) is 5.16. The van der Waals surface area contributed by atoms with Gasteiger partial charge in [0.15, 0.2) is 0 Å². The van der Waals surface area contributed by atoms with E-state index in [9.17, 15) is 14.4 Å².